The standard InChI is InChI=1S/C24H30N6O5S2/c1-3-15-12-16(30-37(34,35)17-7-8-17)13-19(15)23(31)29-28-22-24(27-21-20(26-22)9-10-25-21)36(32,33)18-6-4-5-14(2)11-18/h4-6,9-11,15-17,19,30H,3,7-8,12-13H2,1-2H3,(H,25,27)(H,26,28)(H,29,31)/t15-,16+,19+/m1/s1. The van der Waals surface area contributed by atoms with Gasteiger partial charge in [-0.3, -0.25) is 15.6 Å². The van der Waals surface area contributed by atoms with Crippen LogP contribution in [0.4, 0.5) is 5.82 Å². The minimum absolute atomic E-state index is 0.0116. The van der Waals surface area contributed by atoms with Crippen LogP contribution in [-0.4, -0.2) is 49.0 Å². The van der Waals surface area contributed by atoms with Gasteiger partial charge in [0.25, 0.3) is 0 Å². The normalized spacial score (nSPS) is 22.3. The Bertz CT molecular complexity index is 1550. The molecule has 0 saturated heterocycles. The van der Waals surface area contributed by atoms with E-state index in [9.17, 15) is 21.6 Å². The molecule has 2 aliphatic rings. The molecule has 2 aliphatic carbocycles. The Labute approximate surface area is 215 Å². The van der Waals surface area contributed by atoms with Crippen LogP contribution in [0.2, 0.25) is 0 Å². The average molecular weight is 547 g/mol. The number of sulfonamides is 1. The van der Waals surface area contributed by atoms with Gasteiger partial charge in [0.05, 0.1) is 10.1 Å². The molecule has 4 N–H and O–H groups in total. The van der Waals surface area contributed by atoms with Crippen LogP contribution >= 0.6 is 0 Å². The SMILES string of the molecule is CC[C@@H]1C[C@H](NS(=O)(=O)C2CC2)C[C@@H]1C(=O)NNc1nc2cc[nH]c2nc1S(=O)(=O)c1cccc(C)c1. The number of hydrogen-bond acceptors (Lipinski definition) is 8. The summed E-state index contributed by atoms with van der Waals surface area (Å²) < 4.78 is 54.5. The van der Waals surface area contributed by atoms with Crippen LogP contribution in [0.3, 0.4) is 0 Å². The molecular formula is C24H30N6O5S2. The molecule has 0 aliphatic heterocycles. The lowest BCUT2D eigenvalue weighted by atomic mass is 9.93. The Balaban J connectivity index is 1.37. The van der Waals surface area contributed by atoms with E-state index in [1.165, 1.54) is 6.07 Å². The van der Waals surface area contributed by atoms with Crippen molar-refractivity contribution in [2.75, 3.05) is 5.43 Å². The molecule has 0 bridgehead atoms. The third-order valence-electron chi connectivity index (χ3n) is 7.06. The summed E-state index contributed by atoms with van der Waals surface area (Å²) in [4.78, 5) is 24.8. The van der Waals surface area contributed by atoms with Crippen molar-refractivity contribution in [3.05, 3.63) is 42.1 Å². The van der Waals surface area contributed by atoms with Crippen molar-refractivity contribution < 1.29 is 21.6 Å². The zero-order valence-electron chi connectivity index (χ0n) is 20.6. The number of nitrogens with one attached hydrogen (secondary N) is 4. The first-order valence-corrected chi connectivity index (χ1v) is 15.4. The Morgan fingerprint density at radius 2 is 1.89 bits per heavy atom. The number of amides is 1. The third kappa shape index (κ3) is 5.20. The van der Waals surface area contributed by atoms with Crippen molar-refractivity contribution in [3.8, 4) is 0 Å². The highest BCUT2D eigenvalue weighted by molar-refractivity contribution is 7.91. The Kier molecular flexibility index (Phi) is 6.71. The van der Waals surface area contributed by atoms with Crippen LogP contribution in [0.1, 0.15) is 44.6 Å². The molecule has 2 aromatic heterocycles. The number of sulfone groups is 1. The van der Waals surface area contributed by atoms with Crippen molar-refractivity contribution in [2.24, 2.45) is 11.8 Å². The number of carbonyl (C=O) groups is 1. The van der Waals surface area contributed by atoms with Crippen LogP contribution < -0.4 is 15.6 Å². The predicted octanol–water partition coefficient (Wildman–Crippen LogP) is 2.43. The number of H-pyrrole nitrogens is 1. The average Bonchev–Trinajstić information content (AvgIpc) is 3.51. The summed E-state index contributed by atoms with van der Waals surface area (Å²) in [6, 6.07) is 7.82. The lowest BCUT2D eigenvalue weighted by Crippen LogP contribution is -2.38. The fourth-order valence-electron chi connectivity index (χ4n) is 4.93. The number of hydrogen-bond donors (Lipinski definition) is 4. The summed E-state index contributed by atoms with van der Waals surface area (Å²) >= 11 is 0. The molecule has 37 heavy (non-hydrogen) atoms. The largest absolute Gasteiger partial charge is 0.345 e. The van der Waals surface area contributed by atoms with Gasteiger partial charge >= 0.3 is 0 Å². The number of aromatic amines is 1. The molecule has 2 fully saturated rings. The second-order valence-electron chi connectivity index (χ2n) is 9.83. The fraction of sp³-hybridized carbons (Fsp3) is 0.458. The first kappa shape index (κ1) is 25.6. The number of carbonyl (C=O) groups excluding carboxylic acids is 1. The molecule has 0 unspecified atom stereocenters. The zero-order valence-corrected chi connectivity index (χ0v) is 22.2. The number of rotatable bonds is 9. The van der Waals surface area contributed by atoms with E-state index in [0.29, 0.717) is 43.3 Å². The smallest absolute Gasteiger partial charge is 0.241 e. The van der Waals surface area contributed by atoms with E-state index in [0.717, 1.165) is 5.56 Å². The lowest BCUT2D eigenvalue weighted by molar-refractivity contribution is -0.125. The maximum absolute atomic E-state index is 13.5. The van der Waals surface area contributed by atoms with E-state index < -0.39 is 25.8 Å². The maximum atomic E-state index is 13.5. The van der Waals surface area contributed by atoms with Crippen LogP contribution in [0.25, 0.3) is 11.2 Å². The van der Waals surface area contributed by atoms with Crippen LogP contribution in [0, 0.1) is 18.8 Å². The van der Waals surface area contributed by atoms with Gasteiger partial charge in [0.1, 0.15) is 5.52 Å². The van der Waals surface area contributed by atoms with Gasteiger partial charge in [0.2, 0.25) is 30.8 Å². The highest BCUT2D eigenvalue weighted by Gasteiger charge is 2.43. The van der Waals surface area contributed by atoms with Gasteiger partial charge in [-0.2, -0.15) is 0 Å². The summed E-state index contributed by atoms with van der Waals surface area (Å²) in [7, 11) is -7.42. The minimum atomic E-state index is -4.06. The van der Waals surface area contributed by atoms with E-state index in [4.69, 9.17) is 0 Å². The Hall–Kier alpha value is -3.03. The van der Waals surface area contributed by atoms with Crippen molar-refractivity contribution in [1.82, 2.24) is 25.1 Å². The van der Waals surface area contributed by atoms with E-state index >= 15 is 0 Å². The molecule has 3 aromatic rings. The molecule has 13 heteroatoms. The van der Waals surface area contributed by atoms with Gasteiger partial charge in [-0.15, -0.1) is 0 Å². The van der Waals surface area contributed by atoms with Gasteiger partial charge in [-0.25, -0.2) is 31.5 Å². The van der Waals surface area contributed by atoms with Crippen LogP contribution in [0.15, 0.2) is 46.5 Å². The second-order valence-corrected chi connectivity index (χ2v) is 13.7. The molecule has 1 amide bonds. The predicted molar refractivity (Wildman–Crippen MR) is 138 cm³/mol. The lowest BCUT2D eigenvalue weighted by Gasteiger charge is -2.18. The maximum Gasteiger partial charge on any atom is 0.241 e. The quantitative estimate of drug-likeness (QED) is 0.297. The van der Waals surface area contributed by atoms with Crippen molar-refractivity contribution >= 4 is 42.7 Å². The number of aryl methyl sites for hydroxylation is 1. The number of nitrogens with zero attached hydrogens (tertiary/aromatic N) is 2. The van der Waals surface area contributed by atoms with Crippen molar-refractivity contribution in [3.63, 3.8) is 0 Å². The molecule has 2 saturated carbocycles. The summed E-state index contributed by atoms with van der Waals surface area (Å²) in [6.07, 6.45) is 4.60. The molecular weight excluding hydrogens is 516 g/mol. The number of anilines is 1. The van der Waals surface area contributed by atoms with Gasteiger partial charge < -0.3 is 4.98 Å². The molecule has 198 valence electrons. The number of aromatic nitrogens is 3. The summed E-state index contributed by atoms with van der Waals surface area (Å²) in [6.45, 7) is 3.76. The highest BCUT2D eigenvalue weighted by Crippen LogP contribution is 2.37. The van der Waals surface area contributed by atoms with Crippen LogP contribution in [-0.2, 0) is 24.7 Å². The van der Waals surface area contributed by atoms with E-state index in [1.807, 2.05) is 6.92 Å². The first-order valence-electron chi connectivity index (χ1n) is 12.3. The molecule has 11 nitrogen and oxygen atoms in total. The zero-order chi connectivity index (χ0) is 26.4. The molecule has 2 heterocycles. The monoisotopic (exact) mass is 546 g/mol. The van der Waals surface area contributed by atoms with Gasteiger partial charge in [-0.1, -0.05) is 25.5 Å². The summed E-state index contributed by atoms with van der Waals surface area (Å²) in [5, 5.41) is -0.639. The molecule has 0 spiro atoms. The minimum Gasteiger partial charge on any atom is -0.345 e. The van der Waals surface area contributed by atoms with Gasteiger partial charge in [0, 0.05) is 18.2 Å². The molecule has 3 atom stereocenters. The second kappa shape index (κ2) is 9.69. The number of hydrazine groups is 1. The van der Waals surface area contributed by atoms with Crippen molar-refractivity contribution in [1.29, 1.82) is 0 Å². The molecule has 5 rings (SSSR count). The third-order valence-corrected chi connectivity index (χ3v) is 10.7. The summed E-state index contributed by atoms with van der Waals surface area (Å²) in [5.41, 5.74) is 6.81. The van der Waals surface area contributed by atoms with Crippen molar-refractivity contribution in [2.45, 2.75) is 67.2 Å². The first-order chi connectivity index (χ1) is 17.6. The molecule has 1 aromatic carbocycles. The van der Waals surface area contributed by atoms with E-state index in [1.54, 1.807) is 37.4 Å². The van der Waals surface area contributed by atoms with Crippen LogP contribution in [0.5, 0.6) is 0 Å². The highest BCUT2D eigenvalue weighted by atomic mass is 32.2. The fourth-order valence-corrected chi connectivity index (χ4v) is 7.92. The summed E-state index contributed by atoms with van der Waals surface area (Å²) in [5.74, 6) is -0.901. The Morgan fingerprint density at radius 3 is 2.59 bits per heavy atom. The molecule has 0 radical (unpaired) electrons. The number of fused-ring (bicyclic) bond motifs is 1. The topological polar surface area (TPSA) is 163 Å². The van der Waals surface area contributed by atoms with E-state index in [2.05, 4.69) is 30.5 Å². The van der Waals surface area contributed by atoms with E-state index in [-0.39, 0.29) is 38.9 Å². The van der Waals surface area contributed by atoms with Gasteiger partial charge in [-0.05, 0) is 62.3 Å². The number of benzene rings is 1. The Morgan fingerprint density at radius 1 is 1.11 bits per heavy atom. The van der Waals surface area contributed by atoms with Gasteiger partial charge in [0.15, 0.2) is 11.5 Å².